The summed E-state index contributed by atoms with van der Waals surface area (Å²) in [5.74, 6) is 7.40. The summed E-state index contributed by atoms with van der Waals surface area (Å²) in [5, 5.41) is 0. The van der Waals surface area contributed by atoms with Crippen LogP contribution in [0.25, 0.3) is 0 Å². The maximum absolute atomic E-state index is 5.90. The summed E-state index contributed by atoms with van der Waals surface area (Å²) >= 11 is 0. The van der Waals surface area contributed by atoms with Crippen LogP contribution in [0.15, 0.2) is 0 Å². The van der Waals surface area contributed by atoms with E-state index in [9.17, 15) is 0 Å². The summed E-state index contributed by atoms with van der Waals surface area (Å²) in [6.07, 6.45) is 23.1. The van der Waals surface area contributed by atoms with Crippen molar-refractivity contribution < 1.29 is 18.9 Å². The van der Waals surface area contributed by atoms with E-state index in [4.69, 9.17) is 38.2 Å². The van der Waals surface area contributed by atoms with Gasteiger partial charge in [-0.15, -0.1) is 19.3 Å². The molecule has 0 bridgehead atoms. The Kier molecular flexibility index (Phi) is 17.3. The van der Waals surface area contributed by atoms with E-state index in [1.54, 1.807) is 0 Å². The van der Waals surface area contributed by atoms with Gasteiger partial charge in [-0.25, -0.2) is 0 Å². The van der Waals surface area contributed by atoms with Gasteiger partial charge in [0.1, 0.15) is 19.8 Å². The van der Waals surface area contributed by atoms with Gasteiger partial charge in [-0.2, -0.15) is 0 Å². The molecule has 0 aliphatic heterocycles. The van der Waals surface area contributed by atoms with Crippen LogP contribution in [-0.2, 0) is 18.9 Å². The first kappa shape index (κ1) is 24.5. The van der Waals surface area contributed by atoms with Gasteiger partial charge in [0.25, 0.3) is 0 Å². The fraction of sp³-hybridized carbons (Fsp3) is 0.727. The van der Waals surface area contributed by atoms with Gasteiger partial charge < -0.3 is 18.9 Å². The van der Waals surface area contributed by atoms with Crippen molar-refractivity contribution in [2.24, 2.45) is 5.41 Å². The Labute approximate surface area is 160 Å². The summed E-state index contributed by atoms with van der Waals surface area (Å²) < 4.78 is 22.6. The standard InChI is InChI=1S/C22H34O4/c1-5-9-10-11-12-13-17-26-21-22(18-23-14-6-2,19-24-15-7-3)20-25-16-8-4/h2-4H,5,9-21H2,1H3. The average molecular weight is 363 g/mol. The minimum atomic E-state index is -0.479. The third kappa shape index (κ3) is 13.8. The minimum absolute atomic E-state index is 0.226. The Morgan fingerprint density at radius 3 is 1.50 bits per heavy atom. The quantitative estimate of drug-likeness (QED) is 0.277. The maximum atomic E-state index is 5.90. The maximum Gasteiger partial charge on any atom is 0.107 e. The van der Waals surface area contributed by atoms with Gasteiger partial charge in [0.15, 0.2) is 0 Å². The van der Waals surface area contributed by atoms with E-state index in [2.05, 4.69) is 24.7 Å². The fourth-order valence-electron chi connectivity index (χ4n) is 2.50. The second-order valence-corrected chi connectivity index (χ2v) is 6.41. The van der Waals surface area contributed by atoms with Gasteiger partial charge >= 0.3 is 0 Å². The van der Waals surface area contributed by atoms with Gasteiger partial charge in [0.2, 0.25) is 0 Å². The molecule has 26 heavy (non-hydrogen) atoms. The first-order valence-corrected chi connectivity index (χ1v) is 9.36. The molecule has 0 saturated heterocycles. The Hall–Kier alpha value is -1.48. The smallest absolute Gasteiger partial charge is 0.107 e. The van der Waals surface area contributed by atoms with E-state index >= 15 is 0 Å². The zero-order valence-electron chi connectivity index (χ0n) is 16.3. The second-order valence-electron chi connectivity index (χ2n) is 6.41. The first-order valence-electron chi connectivity index (χ1n) is 9.36. The van der Waals surface area contributed by atoms with Crippen LogP contribution < -0.4 is 0 Å². The van der Waals surface area contributed by atoms with Crippen molar-refractivity contribution >= 4 is 0 Å². The SMILES string of the molecule is C#CCOCC(COCC#C)(COCC#C)COCCCCCCCC. The lowest BCUT2D eigenvalue weighted by Gasteiger charge is -2.32. The van der Waals surface area contributed by atoms with Gasteiger partial charge in [-0.05, 0) is 6.42 Å². The van der Waals surface area contributed by atoms with E-state index in [-0.39, 0.29) is 19.8 Å². The third-order valence-electron chi connectivity index (χ3n) is 3.83. The Balaban J connectivity index is 4.46. The molecular weight excluding hydrogens is 328 g/mol. The lowest BCUT2D eigenvalue weighted by molar-refractivity contribution is -0.0962. The number of ether oxygens (including phenoxy) is 4. The molecule has 0 aromatic carbocycles. The number of rotatable bonds is 18. The summed E-state index contributed by atoms with van der Waals surface area (Å²) in [7, 11) is 0. The van der Waals surface area contributed by atoms with Crippen molar-refractivity contribution in [3.05, 3.63) is 0 Å². The first-order chi connectivity index (χ1) is 12.7. The molecule has 0 aromatic heterocycles. The van der Waals surface area contributed by atoms with Crippen molar-refractivity contribution in [1.29, 1.82) is 0 Å². The molecule has 0 rings (SSSR count). The van der Waals surface area contributed by atoms with E-state index in [1.165, 1.54) is 32.1 Å². The summed E-state index contributed by atoms with van der Waals surface area (Å²) in [4.78, 5) is 0. The molecule has 0 aromatic rings. The van der Waals surface area contributed by atoms with Crippen molar-refractivity contribution in [2.45, 2.75) is 45.4 Å². The monoisotopic (exact) mass is 362 g/mol. The van der Waals surface area contributed by atoms with Crippen LogP contribution in [0.2, 0.25) is 0 Å². The van der Waals surface area contributed by atoms with Crippen molar-refractivity contribution in [1.82, 2.24) is 0 Å². The zero-order chi connectivity index (χ0) is 19.3. The predicted molar refractivity (Wildman–Crippen MR) is 106 cm³/mol. The van der Waals surface area contributed by atoms with Gasteiger partial charge in [0.05, 0.1) is 31.8 Å². The number of unbranched alkanes of at least 4 members (excludes halogenated alkanes) is 5. The highest BCUT2D eigenvalue weighted by Crippen LogP contribution is 2.21. The van der Waals surface area contributed by atoms with Crippen LogP contribution in [0.3, 0.4) is 0 Å². The lowest BCUT2D eigenvalue weighted by Crippen LogP contribution is -2.42. The van der Waals surface area contributed by atoms with Crippen LogP contribution in [0.4, 0.5) is 0 Å². The van der Waals surface area contributed by atoms with Crippen molar-refractivity contribution in [2.75, 3.05) is 52.9 Å². The predicted octanol–water partition coefficient (Wildman–Crippen LogP) is 3.30. The second kappa shape index (κ2) is 18.3. The van der Waals surface area contributed by atoms with E-state index in [0.29, 0.717) is 33.0 Å². The molecule has 0 spiro atoms. The number of hydrogen-bond acceptors (Lipinski definition) is 4. The molecule has 0 amide bonds. The topological polar surface area (TPSA) is 36.9 Å². The molecule has 0 aliphatic carbocycles. The largest absolute Gasteiger partial charge is 0.381 e. The van der Waals surface area contributed by atoms with Crippen LogP contribution in [0, 0.1) is 42.4 Å². The molecule has 4 nitrogen and oxygen atoms in total. The molecule has 0 radical (unpaired) electrons. The summed E-state index contributed by atoms with van der Waals surface area (Å²) in [6.45, 7) is 5.13. The Morgan fingerprint density at radius 1 is 0.615 bits per heavy atom. The normalized spacial score (nSPS) is 10.8. The zero-order valence-corrected chi connectivity index (χ0v) is 16.3. The number of terminal acetylenes is 3. The molecule has 0 heterocycles. The van der Waals surface area contributed by atoms with Gasteiger partial charge in [0, 0.05) is 6.61 Å². The molecule has 0 unspecified atom stereocenters. The van der Waals surface area contributed by atoms with Crippen molar-refractivity contribution in [3.8, 4) is 37.0 Å². The molecule has 146 valence electrons. The van der Waals surface area contributed by atoms with E-state index < -0.39 is 5.41 Å². The molecule has 0 N–H and O–H groups in total. The summed E-state index contributed by atoms with van der Waals surface area (Å²) in [5.41, 5.74) is -0.479. The summed E-state index contributed by atoms with van der Waals surface area (Å²) in [6, 6.07) is 0. The number of hydrogen-bond donors (Lipinski definition) is 0. The van der Waals surface area contributed by atoms with E-state index in [0.717, 1.165) is 6.42 Å². The highest BCUT2D eigenvalue weighted by molar-refractivity contribution is 4.88. The van der Waals surface area contributed by atoms with Crippen molar-refractivity contribution in [3.63, 3.8) is 0 Å². The molecule has 0 aliphatic rings. The average Bonchev–Trinajstić information content (AvgIpc) is 2.64. The molecule has 0 atom stereocenters. The van der Waals surface area contributed by atoms with Crippen LogP contribution in [0.5, 0.6) is 0 Å². The molecule has 0 saturated carbocycles. The highest BCUT2D eigenvalue weighted by atomic mass is 16.5. The van der Waals surface area contributed by atoms with Crippen LogP contribution in [-0.4, -0.2) is 52.9 Å². The van der Waals surface area contributed by atoms with E-state index in [1.807, 2.05) is 0 Å². The van der Waals surface area contributed by atoms with Gasteiger partial charge in [-0.3, -0.25) is 0 Å². The molecular formula is C22H34O4. The van der Waals surface area contributed by atoms with Crippen LogP contribution >= 0.6 is 0 Å². The molecule has 4 heteroatoms. The van der Waals surface area contributed by atoms with Gasteiger partial charge in [-0.1, -0.05) is 56.8 Å². The molecule has 0 fully saturated rings. The lowest BCUT2D eigenvalue weighted by atomic mass is 9.92. The third-order valence-corrected chi connectivity index (χ3v) is 3.83. The Bertz CT molecular complexity index is 388. The Morgan fingerprint density at radius 2 is 1.04 bits per heavy atom. The van der Waals surface area contributed by atoms with Crippen LogP contribution in [0.1, 0.15) is 45.4 Å². The highest BCUT2D eigenvalue weighted by Gasteiger charge is 2.32. The fourth-order valence-corrected chi connectivity index (χ4v) is 2.50. The minimum Gasteiger partial charge on any atom is -0.381 e.